The molecule has 23 heavy (non-hydrogen) atoms. The van der Waals surface area contributed by atoms with Crippen molar-refractivity contribution in [2.75, 3.05) is 10.6 Å². The number of benzene rings is 1. The van der Waals surface area contributed by atoms with Crippen LogP contribution in [0.1, 0.15) is 13.3 Å². The van der Waals surface area contributed by atoms with E-state index in [0.717, 1.165) is 23.1 Å². The number of hydrogen-bond acceptors (Lipinski definition) is 6. The van der Waals surface area contributed by atoms with Gasteiger partial charge in [0.1, 0.15) is 11.1 Å². The summed E-state index contributed by atoms with van der Waals surface area (Å²) in [6.07, 6.45) is 0.452. The number of amides is 2. The second kappa shape index (κ2) is 7.88. The average molecular weight is 356 g/mol. The lowest BCUT2D eigenvalue weighted by molar-refractivity contribution is -0.136. The highest BCUT2D eigenvalue weighted by atomic mass is 32.2. The topological polar surface area (TPSA) is 104 Å². The van der Waals surface area contributed by atoms with Gasteiger partial charge in [-0.05, 0) is 30.7 Å². The molecule has 0 aliphatic rings. The molecule has 1 aromatic heterocycles. The molecule has 7 nitrogen and oxygen atoms in total. The Morgan fingerprint density at radius 2 is 2.00 bits per heavy atom. The molecular weight excluding hydrogens is 343 g/mol. The van der Waals surface area contributed by atoms with Crippen LogP contribution in [0.4, 0.5) is 20.0 Å². The van der Waals surface area contributed by atoms with E-state index in [1.807, 2.05) is 0 Å². The number of aliphatic carboxylic acids is 1. The summed E-state index contributed by atoms with van der Waals surface area (Å²) in [5.41, 5.74) is 0.430. The fourth-order valence-electron chi connectivity index (χ4n) is 1.53. The van der Waals surface area contributed by atoms with Crippen LogP contribution in [0.15, 0.2) is 28.6 Å². The summed E-state index contributed by atoms with van der Waals surface area (Å²) < 4.78 is 13.2. The first-order valence-corrected chi connectivity index (χ1v) is 8.24. The molecule has 0 aliphatic carbocycles. The Hall–Kier alpha value is -2.20. The standard InChI is InChI=1S/C13H13FN4O3S2/c1-2-9(10(19)20)22-13-18-17-12(23-13)16-11(21)15-8-5-3-7(14)4-6-8/h3-6,9H,2H2,1H3,(H,19,20)(H2,15,16,17,21)/t9-/m0/s1. The molecule has 0 saturated carbocycles. The lowest BCUT2D eigenvalue weighted by atomic mass is 10.3. The zero-order valence-corrected chi connectivity index (χ0v) is 13.6. The third-order valence-electron chi connectivity index (χ3n) is 2.62. The second-order valence-electron chi connectivity index (χ2n) is 4.31. The Kier molecular flexibility index (Phi) is 5.88. The first-order valence-electron chi connectivity index (χ1n) is 6.54. The van der Waals surface area contributed by atoms with Crippen molar-refractivity contribution >= 4 is 45.9 Å². The number of nitrogens with zero attached hydrogens (tertiary/aromatic N) is 2. The van der Waals surface area contributed by atoms with Gasteiger partial charge in [0.25, 0.3) is 0 Å². The summed E-state index contributed by atoms with van der Waals surface area (Å²) in [7, 11) is 0. The summed E-state index contributed by atoms with van der Waals surface area (Å²) in [6.45, 7) is 1.77. The van der Waals surface area contributed by atoms with Gasteiger partial charge in [-0.25, -0.2) is 9.18 Å². The highest BCUT2D eigenvalue weighted by Crippen LogP contribution is 2.30. The minimum absolute atomic E-state index is 0.243. The minimum Gasteiger partial charge on any atom is -0.480 e. The van der Waals surface area contributed by atoms with E-state index in [4.69, 9.17) is 5.11 Å². The lowest BCUT2D eigenvalue weighted by Gasteiger charge is -2.05. The van der Waals surface area contributed by atoms with Crippen LogP contribution < -0.4 is 10.6 Å². The van der Waals surface area contributed by atoms with Gasteiger partial charge < -0.3 is 10.4 Å². The summed E-state index contributed by atoms with van der Waals surface area (Å²) >= 11 is 2.16. The van der Waals surface area contributed by atoms with E-state index in [0.29, 0.717) is 16.4 Å². The van der Waals surface area contributed by atoms with Crippen LogP contribution in [-0.4, -0.2) is 32.6 Å². The van der Waals surface area contributed by atoms with Gasteiger partial charge >= 0.3 is 12.0 Å². The Labute approximate surface area is 139 Å². The van der Waals surface area contributed by atoms with E-state index >= 15 is 0 Å². The summed E-state index contributed by atoms with van der Waals surface area (Å²) in [5.74, 6) is -1.32. The van der Waals surface area contributed by atoms with Gasteiger partial charge in [-0.1, -0.05) is 30.0 Å². The largest absolute Gasteiger partial charge is 0.480 e. The molecule has 0 spiro atoms. The van der Waals surface area contributed by atoms with Crippen LogP contribution in [0.3, 0.4) is 0 Å². The maximum atomic E-state index is 12.8. The third-order valence-corrected chi connectivity index (χ3v) is 4.89. The quantitative estimate of drug-likeness (QED) is 0.542. The van der Waals surface area contributed by atoms with Gasteiger partial charge in [0.05, 0.1) is 0 Å². The number of urea groups is 1. The SMILES string of the molecule is CC[C@H](Sc1nnc(NC(=O)Nc2ccc(F)cc2)s1)C(=O)O. The molecule has 1 heterocycles. The molecule has 0 radical (unpaired) electrons. The Balaban J connectivity index is 1.91. The molecule has 1 atom stereocenters. The molecule has 0 bridgehead atoms. The molecule has 3 N–H and O–H groups in total. The number of aromatic nitrogens is 2. The Morgan fingerprint density at radius 3 is 2.61 bits per heavy atom. The average Bonchev–Trinajstić information content (AvgIpc) is 2.94. The fraction of sp³-hybridized carbons (Fsp3) is 0.231. The molecule has 2 rings (SSSR count). The van der Waals surface area contributed by atoms with Gasteiger partial charge in [0.2, 0.25) is 5.13 Å². The summed E-state index contributed by atoms with van der Waals surface area (Å²) in [6, 6.07) is 4.76. The van der Waals surface area contributed by atoms with Crippen molar-refractivity contribution in [3.8, 4) is 0 Å². The Bertz CT molecular complexity index is 693. The van der Waals surface area contributed by atoms with Gasteiger partial charge in [-0.3, -0.25) is 10.1 Å². The number of carboxylic acids is 1. The number of anilines is 2. The third kappa shape index (κ3) is 5.18. The van der Waals surface area contributed by atoms with E-state index in [9.17, 15) is 14.0 Å². The van der Waals surface area contributed by atoms with E-state index in [1.165, 1.54) is 24.3 Å². The molecular formula is C13H13FN4O3S2. The van der Waals surface area contributed by atoms with Crippen molar-refractivity contribution in [2.45, 2.75) is 22.9 Å². The number of carbonyl (C=O) groups excluding carboxylic acids is 1. The monoisotopic (exact) mass is 356 g/mol. The number of rotatable bonds is 6. The Morgan fingerprint density at radius 1 is 1.30 bits per heavy atom. The fourth-order valence-corrected chi connectivity index (χ4v) is 3.38. The van der Waals surface area contributed by atoms with Crippen LogP contribution in [0.5, 0.6) is 0 Å². The molecule has 122 valence electrons. The maximum absolute atomic E-state index is 12.8. The van der Waals surface area contributed by atoms with E-state index in [1.54, 1.807) is 6.92 Å². The van der Waals surface area contributed by atoms with E-state index < -0.39 is 23.1 Å². The number of carboxylic acid groups (broad SMARTS) is 1. The van der Waals surface area contributed by atoms with Crippen molar-refractivity contribution in [2.24, 2.45) is 0 Å². The highest BCUT2D eigenvalue weighted by molar-refractivity contribution is 8.02. The minimum atomic E-state index is -0.920. The van der Waals surface area contributed by atoms with E-state index in [2.05, 4.69) is 20.8 Å². The van der Waals surface area contributed by atoms with Crippen LogP contribution >= 0.6 is 23.1 Å². The first kappa shape index (κ1) is 17.2. The van der Waals surface area contributed by atoms with Crippen molar-refractivity contribution in [3.05, 3.63) is 30.1 Å². The van der Waals surface area contributed by atoms with Crippen LogP contribution in [0, 0.1) is 5.82 Å². The van der Waals surface area contributed by atoms with Crippen molar-refractivity contribution in [1.29, 1.82) is 0 Å². The molecule has 0 unspecified atom stereocenters. The highest BCUT2D eigenvalue weighted by Gasteiger charge is 2.19. The van der Waals surface area contributed by atoms with Crippen molar-refractivity contribution in [3.63, 3.8) is 0 Å². The van der Waals surface area contributed by atoms with Crippen molar-refractivity contribution in [1.82, 2.24) is 10.2 Å². The number of hydrogen-bond donors (Lipinski definition) is 3. The van der Waals surface area contributed by atoms with Gasteiger partial charge in [-0.2, -0.15) is 0 Å². The summed E-state index contributed by atoms with van der Waals surface area (Å²) in [4.78, 5) is 22.8. The normalized spacial score (nSPS) is 11.7. The summed E-state index contributed by atoms with van der Waals surface area (Å²) in [5, 5.41) is 21.3. The molecule has 0 fully saturated rings. The number of halogens is 1. The number of nitrogens with one attached hydrogen (secondary N) is 2. The predicted octanol–water partition coefficient (Wildman–Crippen LogP) is 3.28. The lowest BCUT2D eigenvalue weighted by Crippen LogP contribution is -2.19. The van der Waals surface area contributed by atoms with Crippen LogP contribution in [-0.2, 0) is 4.79 Å². The number of carbonyl (C=O) groups is 2. The number of thioether (sulfide) groups is 1. The molecule has 1 aromatic carbocycles. The second-order valence-corrected chi connectivity index (χ2v) is 6.74. The molecule has 0 aliphatic heterocycles. The van der Waals surface area contributed by atoms with E-state index in [-0.39, 0.29) is 5.13 Å². The van der Waals surface area contributed by atoms with Crippen LogP contribution in [0.25, 0.3) is 0 Å². The maximum Gasteiger partial charge on any atom is 0.325 e. The predicted molar refractivity (Wildman–Crippen MR) is 86.5 cm³/mol. The van der Waals surface area contributed by atoms with Gasteiger partial charge in [0, 0.05) is 5.69 Å². The molecule has 10 heteroatoms. The van der Waals surface area contributed by atoms with Crippen molar-refractivity contribution < 1.29 is 19.1 Å². The smallest absolute Gasteiger partial charge is 0.325 e. The zero-order valence-electron chi connectivity index (χ0n) is 11.9. The zero-order chi connectivity index (χ0) is 16.8. The molecule has 2 aromatic rings. The van der Waals surface area contributed by atoms with Gasteiger partial charge in [-0.15, -0.1) is 10.2 Å². The first-order chi connectivity index (χ1) is 11.0. The van der Waals surface area contributed by atoms with Gasteiger partial charge in [0.15, 0.2) is 4.34 Å². The molecule has 0 saturated heterocycles. The van der Waals surface area contributed by atoms with Crippen LogP contribution in [0.2, 0.25) is 0 Å². The molecule has 2 amide bonds.